The summed E-state index contributed by atoms with van der Waals surface area (Å²) in [6.07, 6.45) is 4.63. The Bertz CT molecular complexity index is 278. The summed E-state index contributed by atoms with van der Waals surface area (Å²) in [5.74, 6) is 0. The largest absolute Gasteiger partial charge is 0.316 e. The molecule has 78 valence electrons. The minimum absolute atomic E-state index is 0.262. The van der Waals surface area contributed by atoms with Gasteiger partial charge in [-0.05, 0) is 36.3 Å². The maximum absolute atomic E-state index is 5.57. The van der Waals surface area contributed by atoms with Gasteiger partial charge in [-0.1, -0.05) is 0 Å². The normalized spacial score (nSPS) is 10.9. The third-order valence-electron chi connectivity index (χ3n) is 1.88. The standard InChI is InChI=1S/C10H16N2S2/c1-13-8-3-7(5-10(11)12)4-9(6-8)14-2/h3-4,6,10H,5,11-12H2,1-2H3. The molecule has 4 N–H and O–H groups in total. The van der Waals surface area contributed by atoms with E-state index in [0.29, 0.717) is 0 Å². The van der Waals surface area contributed by atoms with Crippen molar-refractivity contribution in [2.75, 3.05) is 12.5 Å². The summed E-state index contributed by atoms with van der Waals surface area (Å²) in [4.78, 5) is 2.54. The van der Waals surface area contributed by atoms with Crippen LogP contribution in [-0.4, -0.2) is 18.7 Å². The van der Waals surface area contributed by atoms with Crippen LogP contribution in [0.4, 0.5) is 0 Å². The number of hydrogen-bond donors (Lipinski definition) is 2. The van der Waals surface area contributed by atoms with E-state index in [4.69, 9.17) is 11.5 Å². The van der Waals surface area contributed by atoms with Crippen molar-refractivity contribution in [3.8, 4) is 0 Å². The fourth-order valence-electron chi connectivity index (χ4n) is 1.26. The van der Waals surface area contributed by atoms with E-state index >= 15 is 0 Å². The molecule has 0 fully saturated rings. The van der Waals surface area contributed by atoms with E-state index in [1.54, 1.807) is 23.5 Å². The van der Waals surface area contributed by atoms with Crippen LogP contribution in [0, 0.1) is 0 Å². The molecule has 1 aromatic carbocycles. The van der Waals surface area contributed by atoms with E-state index in [-0.39, 0.29) is 6.17 Å². The van der Waals surface area contributed by atoms with Gasteiger partial charge in [0.05, 0.1) is 6.17 Å². The van der Waals surface area contributed by atoms with E-state index in [0.717, 1.165) is 6.42 Å². The van der Waals surface area contributed by atoms with Crippen molar-refractivity contribution in [3.63, 3.8) is 0 Å². The summed E-state index contributed by atoms with van der Waals surface area (Å²) in [6.45, 7) is 0. The van der Waals surface area contributed by atoms with Gasteiger partial charge in [0.1, 0.15) is 0 Å². The Balaban J connectivity index is 2.92. The second kappa shape index (κ2) is 5.66. The minimum Gasteiger partial charge on any atom is -0.316 e. The molecule has 0 heterocycles. The van der Waals surface area contributed by atoms with Crippen LogP contribution in [0.5, 0.6) is 0 Å². The number of rotatable bonds is 4. The summed E-state index contributed by atoms with van der Waals surface area (Å²) >= 11 is 3.49. The predicted octanol–water partition coefficient (Wildman–Crippen LogP) is 1.92. The van der Waals surface area contributed by atoms with Gasteiger partial charge in [0.25, 0.3) is 0 Å². The molecule has 0 atom stereocenters. The highest BCUT2D eigenvalue weighted by molar-refractivity contribution is 7.99. The first kappa shape index (κ1) is 11.9. The summed E-state index contributed by atoms with van der Waals surface area (Å²) in [5.41, 5.74) is 12.4. The van der Waals surface area contributed by atoms with Gasteiger partial charge in [0.15, 0.2) is 0 Å². The van der Waals surface area contributed by atoms with E-state index in [1.807, 2.05) is 0 Å². The van der Waals surface area contributed by atoms with Gasteiger partial charge in [-0.3, -0.25) is 0 Å². The van der Waals surface area contributed by atoms with Gasteiger partial charge in [-0.2, -0.15) is 0 Å². The Labute approximate surface area is 93.8 Å². The minimum atomic E-state index is -0.262. The van der Waals surface area contributed by atoms with Crippen LogP contribution in [-0.2, 0) is 6.42 Å². The van der Waals surface area contributed by atoms with Crippen LogP contribution in [0.15, 0.2) is 28.0 Å². The lowest BCUT2D eigenvalue weighted by atomic mass is 10.1. The highest BCUT2D eigenvalue weighted by Crippen LogP contribution is 2.24. The lowest BCUT2D eigenvalue weighted by Gasteiger charge is -2.09. The van der Waals surface area contributed by atoms with E-state index in [2.05, 4.69) is 30.7 Å². The molecule has 1 rings (SSSR count). The number of benzene rings is 1. The molecule has 4 heteroatoms. The molecule has 0 bridgehead atoms. The Hall–Kier alpha value is -0.160. The van der Waals surface area contributed by atoms with Crippen molar-refractivity contribution in [2.24, 2.45) is 11.5 Å². The first-order chi connectivity index (χ1) is 6.65. The summed E-state index contributed by atoms with van der Waals surface area (Å²) in [7, 11) is 0. The fraction of sp³-hybridized carbons (Fsp3) is 0.400. The van der Waals surface area contributed by atoms with Crippen LogP contribution in [0.1, 0.15) is 5.56 Å². The van der Waals surface area contributed by atoms with Crippen LogP contribution in [0.25, 0.3) is 0 Å². The molecule has 0 saturated heterocycles. The summed E-state index contributed by atoms with van der Waals surface area (Å²) in [5, 5.41) is 0. The third-order valence-corrected chi connectivity index (χ3v) is 3.30. The van der Waals surface area contributed by atoms with Gasteiger partial charge in [-0.15, -0.1) is 23.5 Å². The summed E-state index contributed by atoms with van der Waals surface area (Å²) < 4.78 is 0. The molecule has 0 aromatic heterocycles. The molecule has 2 nitrogen and oxygen atoms in total. The van der Waals surface area contributed by atoms with Crippen LogP contribution in [0.3, 0.4) is 0 Å². The summed E-state index contributed by atoms with van der Waals surface area (Å²) in [6, 6.07) is 6.48. The van der Waals surface area contributed by atoms with Crippen molar-refractivity contribution in [1.29, 1.82) is 0 Å². The highest BCUT2D eigenvalue weighted by atomic mass is 32.2. The molecule has 0 unspecified atom stereocenters. The van der Waals surface area contributed by atoms with Gasteiger partial charge < -0.3 is 11.5 Å². The quantitative estimate of drug-likeness (QED) is 0.610. The SMILES string of the molecule is CSc1cc(CC(N)N)cc(SC)c1. The van der Waals surface area contributed by atoms with Crippen LogP contribution >= 0.6 is 23.5 Å². The average molecular weight is 228 g/mol. The van der Waals surface area contributed by atoms with Crippen molar-refractivity contribution in [3.05, 3.63) is 23.8 Å². The second-order valence-corrected chi connectivity index (χ2v) is 4.85. The Morgan fingerprint density at radius 2 is 1.57 bits per heavy atom. The molecule has 14 heavy (non-hydrogen) atoms. The zero-order valence-corrected chi connectivity index (χ0v) is 10.1. The zero-order valence-electron chi connectivity index (χ0n) is 8.49. The highest BCUT2D eigenvalue weighted by Gasteiger charge is 2.02. The molecular formula is C10H16N2S2. The van der Waals surface area contributed by atoms with Crippen molar-refractivity contribution >= 4 is 23.5 Å². The number of thioether (sulfide) groups is 2. The monoisotopic (exact) mass is 228 g/mol. The first-order valence-electron chi connectivity index (χ1n) is 4.39. The second-order valence-electron chi connectivity index (χ2n) is 3.09. The third kappa shape index (κ3) is 3.53. The predicted molar refractivity (Wildman–Crippen MR) is 65.9 cm³/mol. The van der Waals surface area contributed by atoms with Gasteiger partial charge in [0.2, 0.25) is 0 Å². The van der Waals surface area contributed by atoms with Crippen molar-refractivity contribution < 1.29 is 0 Å². The molecule has 0 saturated carbocycles. The van der Waals surface area contributed by atoms with Crippen molar-refractivity contribution in [1.82, 2.24) is 0 Å². The Kier molecular flexibility index (Phi) is 4.81. The van der Waals surface area contributed by atoms with E-state index in [9.17, 15) is 0 Å². The van der Waals surface area contributed by atoms with Gasteiger partial charge in [-0.25, -0.2) is 0 Å². The van der Waals surface area contributed by atoms with E-state index < -0.39 is 0 Å². The number of nitrogens with two attached hydrogens (primary N) is 2. The topological polar surface area (TPSA) is 52.0 Å². The van der Waals surface area contributed by atoms with Gasteiger partial charge in [0, 0.05) is 16.2 Å². The van der Waals surface area contributed by atoms with Gasteiger partial charge >= 0.3 is 0 Å². The Morgan fingerprint density at radius 3 is 1.93 bits per heavy atom. The Morgan fingerprint density at radius 1 is 1.07 bits per heavy atom. The van der Waals surface area contributed by atoms with Crippen molar-refractivity contribution in [2.45, 2.75) is 22.4 Å². The molecule has 0 aliphatic heterocycles. The molecular weight excluding hydrogens is 212 g/mol. The smallest absolute Gasteiger partial charge is 0.0562 e. The lowest BCUT2D eigenvalue weighted by molar-refractivity contribution is 0.701. The number of hydrogen-bond acceptors (Lipinski definition) is 4. The maximum Gasteiger partial charge on any atom is 0.0562 e. The van der Waals surface area contributed by atoms with Crippen LogP contribution in [0.2, 0.25) is 0 Å². The maximum atomic E-state index is 5.57. The average Bonchev–Trinajstić information content (AvgIpc) is 2.16. The first-order valence-corrected chi connectivity index (χ1v) is 6.83. The fourth-order valence-corrected chi connectivity index (χ4v) is 2.36. The van der Waals surface area contributed by atoms with Crippen LogP contribution < -0.4 is 11.5 Å². The molecule has 0 aliphatic carbocycles. The lowest BCUT2D eigenvalue weighted by Crippen LogP contribution is -2.32. The molecule has 1 aromatic rings. The molecule has 0 radical (unpaired) electrons. The molecule has 0 aliphatic rings. The molecule has 0 spiro atoms. The molecule has 0 amide bonds. The van der Waals surface area contributed by atoms with E-state index in [1.165, 1.54) is 15.4 Å². The zero-order chi connectivity index (χ0) is 10.6.